The minimum atomic E-state index is 0.147. The maximum absolute atomic E-state index is 9.73. The zero-order valence-electron chi connectivity index (χ0n) is 10.3. The third-order valence-electron chi connectivity index (χ3n) is 2.52. The first-order chi connectivity index (χ1) is 9.06. The molecule has 0 fully saturated rings. The molecular formula is C14H13ClN2OS. The molecule has 98 valence electrons. The van der Waals surface area contributed by atoms with Crippen molar-refractivity contribution >= 4 is 40.3 Å². The van der Waals surface area contributed by atoms with Gasteiger partial charge in [-0.1, -0.05) is 29.8 Å². The normalized spacial score (nSPS) is 10.0. The van der Waals surface area contributed by atoms with Gasteiger partial charge in [0, 0.05) is 0 Å². The highest BCUT2D eigenvalue weighted by Gasteiger charge is 2.05. The zero-order chi connectivity index (χ0) is 13.8. The van der Waals surface area contributed by atoms with E-state index in [9.17, 15) is 5.11 Å². The van der Waals surface area contributed by atoms with Crippen molar-refractivity contribution in [3.8, 4) is 5.75 Å². The second-order valence-electron chi connectivity index (χ2n) is 4.08. The molecule has 3 nitrogen and oxygen atoms in total. The topological polar surface area (TPSA) is 44.3 Å². The average molecular weight is 293 g/mol. The molecule has 0 radical (unpaired) electrons. The molecule has 0 aliphatic heterocycles. The molecule has 0 spiro atoms. The predicted octanol–water partition coefficient (Wildman–Crippen LogP) is 4.16. The molecule has 0 unspecified atom stereocenters. The van der Waals surface area contributed by atoms with Gasteiger partial charge in [-0.05, 0) is 49.0 Å². The quantitative estimate of drug-likeness (QED) is 0.574. The molecule has 0 aromatic heterocycles. The molecule has 0 aliphatic carbocycles. The Hall–Kier alpha value is -1.78. The number of para-hydroxylation sites is 1. The summed E-state index contributed by atoms with van der Waals surface area (Å²) < 4.78 is 0. The summed E-state index contributed by atoms with van der Waals surface area (Å²) in [4.78, 5) is 0. The molecule has 3 N–H and O–H groups in total. The number of hydrogen-bond donors (Lipinski definition) is 3. The van der Waals surface area contributed by atoms with Crippen LogP contribution in [-0.2, 0) is 0 Å². The summed E-state index contributed by atoms with van der Waals surface area (Å²) >= 11 is 11.2. The predicted molar refractivity (Wildman–Crippen MR) is 84.1 cm³/mol. The van der Waals surface area contributed by atoms with Crippen molar-refractivity contribution in [2.75, 3.05) is 10.6 Å². The monoisotopic (exact) mass is 292 g/mol. The van der Waals surface area contributed by atoms with Crippen molar-refractivity contribution < 1.29 is 5.11 Å². The van der Waals surface area contributed by atoms with Crippen LogP contribution >= 0.6 is 23.8 Å². The Morgan fingerprint density at radius 3 is 2.53 bits per heavy atom. The Kier molecular flexibility index (Phi) is 4.24. The van der Waals surface area contributed by atoms with E-state index < -0.39 is 0 Å². The van der Waals surface area contributed by atoms with Crippen molar-refractivity contribution in [2.24, 2.45) is 0 Å². The first-order valence-corrected chi connectivity index (χ1v) is 6.47. The fourth-order valence-electron chi connectivity index (χ4n) is 1.59. The molecule has 2 aromatic rings. The van der Waals surface area contributed by atoms with Gasteiger partial charge in [-0.15, -0.1) is 0 Å². The van der Waals surface area contributed by atoms with Gasteiger partial charge in [0.15, 0.2) is 5.11 Å². The molecule has 0 amide bonds. The maximum Gasteiger partial charge on any atom is 0.175 e. The van der Waals surface area contributed by atoms with Crippen molar-refractivity contribution in [1.82, 2.24) is 0 Å². The zero-order valence-corrected chi connectivity index (χ0v) is 11.8. The van der Waals surface area contributed by atoms with E-state index in [0.717, 1.165) is 5.56 Å². The van der Waals surface area contributed by atoms with Crippen LogP contribution in [0, 0.1) is 6.92 Å². The SMILES string of the molecule is Cc1ccc(O)c(NC(=S)Nc2ccccc2Cl)c1. The Bertz CT molecular complexity index is 616. The molecule has 19 heavy (non-hydrogen) atoms. The van der Waals surface area contributed by atoms with Crippen LogP contribution in [0.15, 0.2) is 42.5 Å². The summed E-state index contributed by atoms with van der Waals surface area (Å²) in [5.41, 5.74) is 2.30. The molecule has 0 saturated carbocycles. The number of hydrogen-bond acceptors (Lipinski definition) is 2. The number of thiocarbonyl (C=S) groups is 1. The van der Waals surface area contributed by atoms with Gasteiger partial charge in [-0.2, -0.15) is 0 Å². The van der Waals surface area contributed by atoms with E-state index in [-0.39, 0.29) is 5.75 Å². The van der Waals surface area contributed by atoms with Crippen LogP contribution in [-0.4, -0.2) is 10.2 Å². The van der Waals surface area contributed by atoms with Crippen molar-refractivity contribution in [1.29, 1.82) is 0 Å². The highest BCUT2D eigenvalue weighted by atomic mass is 35.5. The molecule has 5 heteroatoms. The Labute approximate surface area is 122 Å². The fraction of sp³-hybridized carbons (Fsp3) is 0.0714. The van der Waals surface area contributed by atoms with E-state index in [1.807, 2.05) is 37.3 Å². The van der Waals surface area contributed by atoms with Gasteiger partial charge in [0.25, 0.3) is 0 Å². The third-order valence-corrected chi connectivity index (χ3v) is 3.06. The lowest BCUT2D eigenvalue weighted by molar-refractivity contribution is 0.478. The summed E-state index contributed by atoms with van der Waals surface area (Å²) in [6.07, 6.45) is 0. The number of phenols is 1. The summed E-state index contributed by atoms with van der Waals surface area (Å²) in [5, 5.41) is 16.6. The van der Waals surface area contributed by atoms with Gasteiger partial charge in [0.2, 0.25) is 0 Å². The van der Waals surface area contributed by atoms with E-state index >= 15 is 0 Å². The molecule has 0 saturated heterocycles. The minimum absolute atomic E-state index is 0.147. The fourth-order valence-corrected chi connectivity index (χ4v) is 1.99. The van der Waals surface area contributed by atoms with Crippen molar-refractivity contribution in [3.63, 3.8) is 0 Å². The van der Waals surface area contributed by atoms with Crippen LogP contribution in [0.25, 0.3) is 0 Å². The van der Waals surface area contributed by atoms with Gasteiger partial charge in [0.05, 0.1) is 16.4 Å². The second-order valence-corrected chi connectivity index (χ2v) is 4.90. The lowest BCUT2D eigenvalue weighted by atomic mass is 10.2. The van der Waals surface area contributed by atoms with Gasteiger partial charge < -0.3 is 15.7 Å². The van der Waals surface area contributed by atoms with E-state index in [1.165, 1.54) is 0 Å². The third kappa shape index (κ3) is 3.59. The molecule has 0 heterocycles. The lowest BCUT2D eigenvalue weighted by Gasteiger charge is -2.13. The van der Waals surface area contributed by atoms with Crippen molar-refractivity contribution in [2.45, 2.75) is 6.92 Å². The smallest absolute Gasteiger partial charge is 0.175 e. The van der Waals surface area contributed by atoms with E-state index in [4.69, 9.17) is 23.8 Å². The van der Waals surface area contributed by atoms with E-state index in [2.05, 4.69) is 10.6 Å². The van der Waals surface area contributed by atoms with Crippen LogP contribution in [0.3, 0.4) is 0 Å². The lowest BCUT2D eigenvalue weighted by Crippen LogP contribution is -2.19. The first kappa shape index (κ1) is 13.6. The van der Waals surface area contributed by atoms with Gasteiger partial charge in [0.1, 0.15) is 5.75 Å². The van der Waals surface area contributed by atoms with E-state index in [0.29, 0.717) is 21.5 Å². The standard InChI is InChI=1S/C14H13ClN2OS/c1-9-6-7-13(18)12(8-9)17-14(19)16-11-5-3-2-4-10(11)15/h2-8,18H,1H3,(H2,16,17,19). The number of phenolic OH excluding ortho intramolecular Hbond substituents is 1. The highest BCUT2D eigenvalue weighted by Crippen LogP contribution is 2.25. The van der Waals surface area contributed by atoms with Crippen molar-refractivity contribution in [3.05, 3.63) is 53.1 Å². The number of anilines is 2. The highest BCUT2D eigenvalue weighted by molar-refractivity contribution is 7.80. The summed E-state index contributed by atoms with van der Waals surface area (Å²) in [6.45, 7) is 1.94. The van der Waals surface area contributed by atoms with E-state index in [1.54, 1.807) is 12.1 Å². The molecule has 0 bridgehead atoms. The summed E-state index contributed by atoms with van der Waals surface area (Å²) in [5.74, 6) is 0.147. The molecular weight excluding hydrogens is 280 g/mol. The summed E-state index contributed by atoms with van der Waals surface area (Å²) in [7, 11) is 0. The van der Waals surface area contributed by atoms with Crippen LogP contribution < -0.4 is 10.6 Å². The van der Waals surface area contributed by atoms with Crippen LogP contribution in [0.2, 0.25) is 5.02 Å². The average Bonchev–Trinajstić information content (AvgIpc) is 2.37. The molecule has 0 atom stereocenters. The second kappa shape index (κ2) is 5.91. The number of halogens is 1. The molecule has 2 rings (SSSR count). The molecule has 0 aliphatic rings. The van der Waals surface area contributed by atoms with Crippen LogP contribution in [0.4, 0.5) is 11.4 Å². The number of rotatable bonds is 2. The maximum atomic E-state index is 9.73. The Morgan fingerprint density at radius 1 is 1.11 bits per heavy atom. The number of benzene rings is 2. The number of aromatic hydroxyl groups is 1. The first-order valence-electron chi connectivity index (χ1n) is 5.68. The minimum Gasteiger partial charge on any atom is -0.506 e. The largest absolute Gasteiger partial charge is 0.506 e. The Morgan fingerprint density at radius 2 is 1.79 bits per heavy atom. The summed E-state index contributed by atoms with van der Waals surface area (Å²) in [6, 6.07) is 12.6. The molecule has 2 aromatic carbocycles. The number of nitrogens with one attached hydrogen (secondary N) is 2. The van der Waals surface area contributed by atoms with Gasteiger partial charge >= 0.3 is 0 Å². The van der Waals surface area contributed by atoms with Gasteiger partial charge in [-0.25, -0.2) is 0 Å². The van der Waals surface area contributed by atoms with Crippen LogP contribution in [0.1, 0.15) is 5.56 Å². The Balaban J connectivity index is 2.10. The number of aryl methyl sites for hydroxylation is 1. The van der Waals surface area contributed by atoms with Gasteiger partial charge in [-0.3, -0.25) is 0 Å². The van der Waals surface area contributed by atoms with Crippen LogP contribution in [0.5, 0.6) is 5.75 Å².